The monoisotopic (exact) mass is 592 g/mol. The zero-order valence-corrected chi connectivity index (χ0v) is 24.9. The van der Waals surface area contributed by atoms with Crippen LogP contribution in [0.4, 0.5) is 0 Å². The molecule has 2 amide bonds. The van der Waals surface area contributed by atoms with Crippen molar-refractivity contribution in [3.8, 4) is 0 Å². The number of esters is 2. The molecule has 0 spiro atoms. The summed E-state index contributed by atoms with van der Waals surface area (Å²) >= 11 is 0. The third-order valence-electron chi connectivity index (χ3n) is 6.80. The van der Waals surface area contributed by atoms with Crippen LogP contribution in [0.5, 0.6) is 0 Å². The third-order valence-corrected chi connectivity index (χ3v) is 9.52. The Morgan fingerprint density at radius 3 is 2.45 bits per heavy atom. The van der Waals surface area contributed by atoms with Gasteiger partial charge in [0.25, 0.3) is 5.91 Å². The predicted octanol–water partition coefficient (Wildman–Crippen LogP) is 4.58. The van der Waals surface area contributed by atoms with Crippen LogP contribution in [0, 0.1) is 0 Å². The van der Waals surface area contributed by atoms with E-state index in [9.17, 15) is 19.2 Å². The van der Waals surface area contributed by atoms with Crippen molar-refractivity contribution >= 4 is 56.9 Å². The molecule has 40 heavy (non-hydrogen) atoms. The summed E-state index contributed by atoms with van der Waals surface area (Å²) in [7, 11) is 6.68. The lowest BCUT2D eigenvalue weighted by molar-refractivity contribution is -0.155. The number of benzene rings is 1. The molecule has 0 radical (unpaired) electrons. The minimum absolute atomic E-state index is 0.0337. The average molecular weight is 593 g/mol. The number of nitrogens with zero attached hydrogens (tertiary/aromatic N) is 4. The molecule has 1 aliphatic rings. The summed E-state index contributed by atoms with van der Waals surface area (Å²) in [6.07, 6.45) is 3.59. The normalized spacial score (nSPS) is 17.6. The molecule has 0 N–H and O–H groups in total. The van der Waals surface area contributed by atoms with E-state index in [1.165, 1.54) is 4.90 Å². The van der Waals surface area contributed by atoms with Gasteiger partial charge in [-0.05, 0) is 61.1 Å². The summed E-state index contributed by atoms with van der Waals surface area (Å²) in [5.74, 6) is -0.100. The second-order valence-electron chi connectivity index (χ2n) is 9.49. The lowest BCUT2D eigenvalue weighted by Crippen LogP contribution is -2.41. The van der Waals surface area contributed by atoms with Crippen molar-refractivity contribution in [2.75, 3.05) is 26.5 Å². The topological polar surface area (TPSA) is 132 Å². The van der Waals surface area contributed by atoms with Gasteiger partial charge in [0.1, 0.15) is 17.1 Å². The summed E-state index contributed by atoms with van der Waals surface area (Å²) in [6, 6.07) is 5.11. The Kier molecular flexibility index (Phi) is 12.3. The fourth-order valence-corrected chi connectivity index (χ4v) is 6.39. The van der Waals surface area contributed by atoms with Gasteiger partial charge in [-0.25, -0.2) is 4.63 Å². The van der Waals surface area contributed by atoms with Crippen molar-refractivity contribution in [1.82, 2.24) is 20.1 Å². The fraction of sp³-hybridized carbons (Fsp3) is 0.556. The molecule has 1 aliphatic carbocycles. The molecule has 1 aromatic heterocycles. The summed E-state index contributed by atoms with van der Waals surface area (Å²) in [5, 5.41) is 7.55. The molecule has 3 rings (SSSR count). The summed E-state index contributed by atoms with van der Waals surface area (Å²) in [6.45, 7) is 4.06. The number of rotatable bonds is 14. The van der Waals surface area contributed by atoms with Crippen LogP contribution in [0.2, 0.25) is 0 Å². The zero-order valence-electron chi connectivity index (χ0n) is 23.3. The van der Waals surface area contributed by atoms with E-state index in [0.29, 0.717) is 48.7 Å². The highest BCUT2D eigenvalue weighted by Crippen LogP contribution is 2.34. The van der Waals surface area contributed by atoms with Gasteiger partial charge in [0.05, 0.1) is 19.4 Å². The number of allylic oxidation sites excluding steroid dienone is 1. The van der Waals surface area contributed by atoms with Crippen molar-refractivity contribution in [3.05, 3.63) is 34.4 Å². The average Bonchev–Trinajstić information content (AvgIpc) is 3.44. The molecule has 0 saturated heterocycles. The van der Waals surface area contributed by atoms with Crippen LogP contribution in [0.25, 0.3) is 11.0 Å². The lowest BCUT2D eigenvalue weighted by Gasteiger charge is -2.34. The molecule has 0 aliphatic heterocycles. The molecule has 0 unspecified atom stereocenters. The van der Waals surface area contributed by atoms with Crippen molar-refractivity contribution in [1.29, 1.82) is 0 Å². The highest BCUT2D eigenvalue weighted by molar-refractivity contribution is 8.78. The first kappa shape index (κ1) is 31.5. The second kappa shape index (κ2) is 15.7. The first-order chi connectivity index (χ1) is 19.2. The predicted molar refractivity (Wildman–Crippen MR) is 153 cm³/mol. The summed E-state index contributed by atoms with van der Waals surface area (Å²) < 4.78 is 15.6. The Bertz CT molecular complexity index is 1210. The van der Waals surface area contributed by atoms with E-state index in [0.717, 1.165) is 22.8 Å². The van der Waals surface area contributed by atoms with E-state index < -0.39 is 11.9 Å². The standard InChI is InChI=1S/C27H36N4O7S2/c1-5-39-40-24(18(2)30(3)17-32)14-15-36-25(33)12-13-26(34)37-21-9-7-20(8-10-21)31(4)27(35)19-6-11-22-23(16-19)29-38-28-22/h6,11,16-17,20-21H,5,7-10,12-15H2,1-4H3/b24-18-. The van der Waals surface area contributed by atoms with Gasteiger partial charge >= 0.3 is 11.9 Å². The highest BCUT2D eigenvalue weighted by atomic mass is 33.1. The van der Waals surface area contributed by atoms with Crippen molar-refractivity contribution in [3.63, 3.8) is 0 Å². The van der Waals surface area contributed by atoms with Crippen molar-refractivity contribution in [2.45, 2.75) is 70.9 Å². The van der Waals surface area contributed by atoms with Crippen molar-refractivity contribution in [2.24, 2.45) is 0 Å². The van der Waals surface area contributed by atoms with Crippen LogP contribution in [0.3, 0.4) is 0 Å². The Balaban J connectivity index is 1.36. The molecule has 1 saturated carbocycles. The molecule has 0 atom stereocenters. The molecule has 11 nitrogen and oxygen atoms in total. The molecule has 1 fully saturated rings. The minimum Gasteiger partial charge on any atom is -0.465 e. The van der Waals surface area contributed by atoms with Crippen LogP contribution in [-0.2, 0) is 23.9 Å². The Hall–Kier alpha value is -3.06. The zero-order chi connectivity index (χ0) is 29.1. The quantitative estimate of drug-likeness (QED) is 0.173. The smallest absolute Gasteiger partial charge is 0.306 e. The molecular formula is C27H36N4O7S2. The van der Waals surface area contributed by atoms with Crippen LogP contribution >= 0.6 is 21.6 Å². The van der Waals surface area contributed by atoms with E-state index in [1.807, 2.05) is 13.8 Å². The second-order valence-corrected chi connectivity index (χ2v) is 12.2. The van der Waals surface area contributed by atoms with E-state index in [1.54, 1.807) is 58.8 Å². The number of hydrogen-bond acceptors (Lipinski definition) is 11. The molecule has 218 valence electrons. The molecule has 2 aromatic rings. The highest BCUT2D eigenvalue weighted by Gasteiger charge is 2.29. The third kappa shape index (κ3) is 8.98. The van der Waals surface area contributed by atoms with E-state index in [4.69, 9.17) is 14.1 Å². The van der Waals surface area contributed by atoms with Gasteiger partial charge in [0.15, 0.2) is 0 Å². The number of aromatic nitrogens is 2. The minimum atomic E-state index is -0.464. The Morgan fingerprint density at radius 1 is 1.05 bits per heavy atom. The Morgan fingerprint density at radius 2 is 1.75 bits per heavy atom. The van der Waals surface area contributed by atoms with Crippen LogP contribution in [-0.4, -0.2) is 83.0 Å². The molecule has 13 heteroatoms. The van der Waals surface area contributed by atoms with Gasteiger partial charge in [-0.3, -0.25) is 19.2 Å². The van der Waals surface area contributed by atoms with Gasteiger partial charge in [0.2, 0.25) is 6.41 Å². The van der Waals surface area contributed by atoms with E-state index in [2.05, 4.69) is 10.3 Å². The maximum atomic E-state index is 13.0. The number of amides is 2. The van der Waals surface area contributed by atoms with Crippen LogP contribution < -0.4 is 0 Å². The molecule has 1 heterocycles. The number of carbonyl (C=O) groups excluding carboxylic acids is 4. The van der Waals surface area contributed by atoms with Crippen LogP contribution in [0.15, 0.2) is 33.4 Å². The van der Waals surface area contributed by atoms with E-state index >= 15 is 0 Å². The largest absolute Gasteiger partial charge is 0.465 e. The van der Waals surface area contributed by atoms with Gasteiger partial charge in [-0.2, -0.15) is 0 Å². The first-order valence-electron chi connectivity index (χ1n) is 13.2. The van der Waals surface area contributed by atoms with Gasteiger partial charge in [-0.15, -0.1) is 0 Å². The van der Waals surface area contributed by atoms with E-state index in [-0.39, 0.29) is 37.5 Å². The Labute approximate surface area is 241 Å². The molecule has 1 aromatic carbocycles. The lowest BCUT2D eigenvalue weighted by atomic mass is 9.91. The SMILES string of the molecule is CCSS/C(CCOC(=O)CCC(=O)OC1CCC(N(C)C(=O)c2ccc3nonc3c2)CC1)=C(/C)N(C)C=O. The van der Waals surface area contributed by atoms with Gasteiger partial charge < -0.3 is 19.3 Å². The van der Waals surface area contributed by atoms with Gasteiger partial charge in [0, 0.05) is 48.5 Å². The maximum Gasteiger partial charge on any atom is 0.306 e. The maximum absolute atomic E-state index is 13.0. The van der Waals surface area contributed by atoms with Gasteiger partial charge in [-0.1, -0.05) is 28.5 Å². The van der Waals surface area contributed by atoms with Crippen molar-refractivity contribution < 1.29 is 33.3 Å². The first-order valence-corrected chi connectivity index (χ1v) is 15.6. The number of ether oxygens (including phenoxy) is 2. The van der Waals surface area contributed by atoms with Crippen LogP contribution in [0.1, 0.15) is 69.2 Å². The molecule has 0 bridgehead atoms. The fourth-order valence-electron chi connectivity index (χ4n) is 4.30. The number of hydrogen-bond donors (Lipinski definition) is 0. The summed E-state index contributed by atoms with van der Waals surface area (Å²) in [5.41, 5.74) is 2.45. The summed E-state index contributed by atoms with van der Waals surface area (Å²) in [4.78, 5) is 52.7. The number of carbonyl (C=O) groups is 4. The number of fused-ring (bicyclic) bond motifs is 1. The molecular weight excluding hydrogens is 556 g/mol.